The van der Waals surface area contributed by atoms with Gasteiger partial charge in [-0.05, 0) is 51.0 Å². The van der Waals surface area contributed by atoms with Gasteiger partial charge in [0.15, 0.2) is 11.6 Å². The summed E-state index contributed by atoms with van der Waals surface area (Å²) >= 11 is 0. The molecule has 0 amide bonds. The van der Waals surface area contributed by atoms with Crippen LogP contribution in [-0.4, -0.2) is 24.6 Å². The van der Waals surface area contributed by atoms with Crippen molar-refractivity contribution in [2.45, 2.75) is 27.7 Å². The van der Waals surface area contributed by atoms with Gasteiger partial charge in [-0.1, -0.05) is 6.07 Å². The molecule has 0 bridgehead atoms. The third-order valence-corrected chi connectivity index (χ3v) is 3.97. The van der Waals surface area contributed by atoms with Crippen molar-refractivity contribution in [2.24, 2.45) is 0 Å². The Hall–Kier alpha value is -2.49. The molecule has 1 aromatic carbocycles. The summed E-state index contributed by atoms with van der Waals surface area (Å²) in [6.45, 7) is 6.78. The Morgan fingerprint density at radius 2 is 1.45 bits per heavy atom. The van der Waals surface area contributed by atoms with Crippen molar-refractivity contribution >= 4 is 23.1 Å². The monoisotopic (exact) mass is 298 g/mol. The second-order valence-corrected chi connectivity index (χ2v) is 5.49. The standard InChI is InChI=1S/C18H18O4/c1-9-6-13(8-14(7-9)18(21)22-5)15-12(4)16(19)10(2)11(3)17(15)20/h6-8H,1-5H3. The molecule has 0 fully saturated rings. The maximum Gasteiger partial charge on any atom is 0.337 e. The number of rotatable bonds is 2. The zero-order valence-electron chi connectivity index (χ0n) is 13.4. The Morgan fingerprint density at radius 3 is 2.05 bits per heavy atom. The molecule has 0 saturated heterocycles. The highest BCUT2D eigenvalue weighted by atomic mass is 16.5. The highest BCUT2D eigenvalue weighted by Gasteiger charge is 2.29. The summed E-state index contributed by atoms with van der Waals surface area (Å²) in [5, 5.41) is 0. The van der Waals surface area contributed by atoms with Crippen LogP contribution < -0.4 is 0 Å². The van der Waals surface area contributed by atoms with E-state index >= 15 is 0 Å². The predicted octanol–water partition coefficient (Wildman–Crippen LogP) is 3.04. The molecule has 4 nitrogen and oxygen atoms in total. The van der Waals surface area contributed by atoms with Gasteiger partial charge in [0, 0.05) is 22.3 Å². The predicted molar refractivity (Wildman–Crippen MR) is 83.5 cm³/mol. The molecule has 2 rings (SSSR count). The van der Waals surface area contributed by atoms with E-state index in [9.17, 15) is 14.4 Å². The van der Waals surface area contributed by atoms with Crippen LogP contribution in [0.3, 0.4) is 0 Å². The first-order valence-electron chi connectivity index (χ1n) is 6.96. The topological polar surface area (TPSA) is 60.4 Å². The van der Waals surface area contributed by atoms with Gasteiger partial charge in [-0.3, -0.25) is 9.59 Å². The number of aryl methyl sites for hydroxylation is 1. The molecule has 0 heterocycles. The number of carbonyl (C=O) groups is 3. The Labute approximate surface area is 129 Å². The van der Waals surface area contributed by atoms with E-state index < -0.39 is 5.97 Å². The number of methoxy groups -OCH3 is 1. The first-order valence-corrected chi connectivity index (χ1v) is 6.96. The van der Waals surface area contributed by atoms with E-state index in [2.05, 4.69) is 0 Å². The second-order valence-electron chi connectivity index (χ2n) is 5.49. The number of benzene rings is 1. The van der Waals surface area contributed by atoms with Gasteiger partial charge in [0.2, 0.25) is 0 Å². The number of hydrogen-bond donors (Lipinski definition) is 0. The number of Topliss-reactive ketones (excluding diaryl/α,β-unsaturated/α-hetero) is 2. The van der Waals surface area contributed by atoms with Gasteiger partial charge >= 0.3 is 5.97 Å². The largest absolute Gasteiger partial charge is 0.465 e. The molecule has 0 unspecified atom stereocenters. The number of hydrogen-bond acceptors (Lipinski definition) is 4. The molecule has 114 valence electrons. The first-order chi connectivity index (χ1) is 10.3. The van der Waals surface area contributed by atoms with E-state index in [1.54, 1.807) is 39.0 Å². The smallest absolute Gasteiger partial charge is 0.337 e. The normalized spacial score (nSPS) is 15.5. The second kappa shape index (κ2) is 5.72. The lowest BCUT2D eigenvalue weighted by molar-refractivity contribution is -0.115. The minimum Gasteiger partial charge on any atom is -0.465 e. The molecule has 1 aromatic rings. The zero-order chi connectivity index (χ0) is 16.6. The van der Waals surface area contributed by atoms with E-state index in [0.717, 1.165) is 5.56 Å². The summed E-state index contributed by atoms with van der Waals surface area (Å²) in [7, 11) is 1.31. The average Bonchev–Trinajstić information content (AvgIpc) is 2.50. The van der Waals surface area contributed by atoms with Crippen molar-refractivity contribution < 1.29 is 19.1 Å². The Kier molecular flexibility index (Phi) is 4.13. The van der Waals surface area contributed by atoms with E-state index in [0.29, 0.717) is 33.4 Å². The van der Waals surface area contributed by atoms with Crippen molar-refractivity contribution in [3.05, 3.63) is 51.6 Å². The van der Waals surface area contributed by atoms with E-state index in [1.165, 1.54) is 7.11 Å². The number of carbonyl (C=O) groups excluding carboxylic acids is 3. The lowest BCUT2D eigenvalue weighted by Gasteiger charge is -2.19. The van der Waals surface area contributed by atoms with Gasteiger partial charge in [-0.2, -0.15) is 0 Å². The maximum atomic E-state index is 12.6. The fourth-order valence-electron chi connectivity index (χ4n) is 2.60. The van der Waals surface area contributed by atoms with Gasteiger partial charge in [0.05, 0.1) is 12.7 Å². The molecule has 0 aromatic heterocycles. The van der Waals surface area contributed by atoms with Crippen molar-refractivity contribution in [2.75, 3.05) is 7.11 Å². The fourth-order valence-corrected chi connectivity index (χ4v) is 2.60. The van der Waals surface area contributed by atoms with Crippen LogP contribution in [0.1, 0.15) is 42.3 Å². The maximum absolute atomic E-state index is 12.6. The third kappa shape index (κ3) is 2.52. The minimum atomic E-state index is -0.471. The molecule has 0 N–H and O–H groups in total. The molecular weight excluding hydrogens is 280 g/mol. The molecule has 1 aliphatic rings. The summed E-state index contributed by atoms with van der Waals surface area (Å²) in [5.74, 6) is -0.773. The van der Waals surface area contributed by atoms with E-state index in [-0.39, 0.29) is 11.6 Å². The van der Waals surface area contributed by atoms with Gasteiger partial charge in [0.25, 0.3) is 0 Å². The summed E-state index contributed by atoms with van der Waals surface area (Å²) in [4.78, 5) is 36.6. The minimum absolute atomic E-state index is 0.131. The van der Waals surface area contributed by atoms with Crippen LogP contribution in [0, 0.1) is 6.92 Å². The van der Waals surface area contributed by atoms with Crippen LogP contribution in [0.4, 0.5) is 0 Å². The first kappa shape index (κ1) is 15.9. The molecule has 0 radical (unpaired) electrons. The number of ketones is 2. The van der Waals surface area contributed by atoms with Crippen LogP contribution in [0.2, 0.25) is 0 Å². The van der Waals surface area contributed by atoms with Crippen molar-refractivity contribution in [3.63, 3.8) is 0 Å². The molecule has 1 aliphatic carbocycles. The molecule has 0 aliphatic heterocycles. The quantitative estimate of drug-likeness (QED) is 0.622. The van der Waals surface area contributed by atoms with E-state index in [1.807, 2.05) is 6.92 Å². The Balaban J connectivity index is 2.66. The van der Waals surface area contributed by atoms with Gasteiger partial charge in [-0.15, -0.1) is 0 Å². The average molecular weight is 298 g/mol. The van der Waals surface area contributed by atoms with Gasteiger partial charge < -0.3 is 4.74 Å². The van der Waals surface area contributed by atoms with Crippen LogP contribution in [0.25, 0.3) is 5.57 Å². The molecule has 0 spiro atoms. The molecular formula is C18H18O4. The highest BCUT2D eigenvalue weighted by molar-refractivity contribution is 6.39. The fraction of sp³-hybridized carbons (Fsp3) is 0.278. The van der Waals surface area contributed by atoms with Crippen LogP contribution >= 0.6 is 0 Å². The van der Waals surface area contributed by atoms with Crippen LogP contribution in [0.15, 0.2) is 34.9 Å². The summed E-state index contributed by atoms with van der Waals surface area (Å²) in [6, 6.07) is 5.08. The summed E-state index contributed by atoms with van der Waals surface area (Å²) < 4.78 is 4.73. The lowest BCUT2D eigenvalue weighted by atomic mass is 9.82. The van der Waals surface area contributed by atoms with Crippen molar-refractivity contribution in [1.29, 1.82) is 0 Å². The SMILES string of the molecule is COC(=O)c1cc(C)cc(C2=C(C)C(=O)C(C)=C(C)C2=O)c1. The Morgan fingerprint density at radius 1 is 0.864 bits per heavy atom. The lowest BCUT2D eigenvalue weighted by Crippen LogP contribution is -2.20. The van der Waals surface area contributed by atoms with Gasteiger partial charge in [-0.25, -0.2) is 4.79 Å². The number of esters is 1. The van der Waals surface area contributed by atoms with Crippen LogP contribution in [0.5, 0.6) is 0 Å². The van der Waals surface area contributed by atoms with E-state index in [4.69, 9.17) is 4.74 Å². The number of allylic oxidation sites excluding steroid dienone is 4. The number of ether oxygens (including phenoxy) is 1. The molecule has 0 atom stereocenters. The summed E-state index contributed by atoms with van der Waals surface area (Å²) in [5.41, 5.74) is 3.46. The van der Waals surface area contributed by atoms with Gasteiger partial charge in [0.1, 0.15) is 0 Å². The molecule has 4 heteroatoms. The van der Waals surface area contributed by atoms with Crippen LogP contribution in [-0.2, 0) is 14.3 Å². The molecule has 0 saturated carbocycles. The van der Waals surface area contributed by atoms with Crippen molar-refractivity contribution in [3.8, 4) is 0 Å². The third-order valence-electron chi connectivity index (χ3n) is 3.97. The molecule has 22 heavy (non-hydrogen) atoms. The summed E-state index contributed by atoms with van der Waals surface area (Å²) in [6.07, 6.45) is 0. The highest BCUT2D eigenvalue weighted by Crippen LogP contribution is 2.32. The Bertz CT molecular complexity index is 763. The van der Waals surface area contributed by atoms with Crippen molar-refractivity contribution in [1.82, 2.24) is 0 Å². The zero-order valence-corrected chi connectivity index (χ0v) is 13.4.